The second-order valence-electron chi connectivity index (χ2n) is 6.89. The van der Waals surface area contributed by atoms with E-state index in [1.54, 1.807) is 0 Å². The maximum atomic E-state index is 2.40. The van der Waals surface area contributed by atoms with Crippen LogP contribution in [0.3, 0.4) is 0 Å². The first-order valence-corrected chi connectivity index (χ1v) is 8.42. The Bertz CT molecular complexity index is 847. The zero-order valence-electron chi connectivity index (χ0n) is 13.8. The van der Waals surface area contributed by atoms with Crippen molar-refractivity contribution in [3.63, 3.8) is 0 Å². The number of nitrogens with zero attached hydrogens (tertiary/aromatic N) is 1. The van der Waals surface area contributed by atoms with Crippen LogP contribution in [0.25, 0.3) is 22.4 Å². The Labute approximate surface area is 138 Å². The van der Waals surface area contributed by atoms with Gasteiger partial charge >= 0.3 is 0 Å². The molecule has 0 unspecified atom stereocenters. The minimum absolute atomic E-state index is 0.696. The quantitative estimate of drug-likeness (QED) is 0.475. The maximum absolute atomic E-state index is 2.40. The van der Waals surface area contributed by atoms with Gasteiger partial charge in [0.1, 0.15) is 0 Å². The monoisotopic (exact) mass is 300 g/mol. The minimum atomic E-state index is 0.696. The molecule has 0 spiro atoms. The van der Waals surface area contributed by atoms with Crippen molar-refractivity contribution in [2.24, 2.45) is 5.92 Å². The van der Waals surface area contributed by atoms with Gasteiger partial charge in [0.2, 0.25) is 5.69 Å². The summed E-state index contributed by atoms with van der Waals surface area (Å²) in [5, 5.41) is 0. The predicted octanol–water partition coefficient (Wildman–Crippen LogP) is 4.87. The van der Waals surface area contributed by atoms with Crippen LogP contribution in [-0.2, 0) is 13.0 Å². The van der Waals surface area contributed by atoms with Crippen LogP contribution in [0.15, 0.2) is 66.9 Å². The molecule has 0 saturated carbocycles. The van der Waals surface area contributed by atoms with Gasteiger partial charge in [-0.15, -0.1) is 0 Å². The number of aromatic nitrogens is 1. The Morgan fingerprint density at radius 1 is 0.913 bits per heavy atom. The molecule has 23 heavy (non-hydrogen) atoms. The Morgan fingerprint density at radius 2 is 1.74 bits per heavy atom. The number of rotatable bonds is 3. The number of hydrogen-bond donors (Lipinski definition) is 0. The van der Waals surface area contributed by atoms with Crippen molar-refractivity contribution in [2.75, 3.05) is 0 Å². The fourth-order valence-corrected chi connectivity index (χ4v) is 3.51. The summed E-state index contributed by atoms with van der Waals surface area (Å²) in [6.45, 7) is 5.54. The molecule has 0 saturated heterocycles. The van der Waals surface area contributed by atoms with Crippen LogP contribution in [0.4, 0.5) is 0 Å². The standard InChI is InChI=1S/C22H22N/c1-16(2)12-17-8-11-22-21-13-19(18-6-4-3-5-7-18)9-10-20(21)15-23(22)14-17/h3-11,13-14,16H,12,15H2,1-2H3/q+1. The third-order valence-corrected chi connectivity index (χ3v) is 4.56. The number of hydrogen-bond acceptors (Lipinski definition) is 0. The fraction of sp³-hybridized carbons (Fsp3) is 0.227. The summed E-state index contributed by atoms with van der Waals surface area (Å²) in [6, 6.07) is 22.1. The average molecular weight is 300 g/mol. The number of fused-ring (bicyclic) bond motifs is 3. The molecule has 1 aliphatic heterocycles. The highest BCUT2D eigenvalue weighted by Gasteiger charge is 2.26. The second-order valence-corrected chi connectivity index (χ2v) is 6.89. The Morgan fingerprint density at radius 3 is 2.52 bits per heavy atom. The predicted molar refractivity (Wildman–Crippen MR) is 95.2 cm³/mol. The van der Waals surface area contributed by atoms with Crippen LogP contribution < -0.4 is 4.57 Å². The molecule has 0 amide bonds. The minimum Gasteiger partial charge on any atom is -0.194 e. The van der Waals surface area contributed by atoms with Crippen molar-refractivity contribution < 1.29 is 4.57 Å². The normalized spacial score (nSPS) is 12.3. The van der Waals surface area contributed by atoms with Gasteiger partial charge in [0, 0.05) is 17.2 Å². The van der Waals surface area contributed by atoms with Crippen LogP contribution in [0.2, 0.25) is 0 Å². The highest BCUT2D eigenvalue weighted by atomic mass is 15.0. The fourth-order valence-electron chi connectivity index (χ4n) is 3.51. The molecule has 4 rings (SSSR count). The average Bonchev–Trinajstić information content (AvgIpc) is 2.92. The summed E-state index contributed by atoms with van der Waals surface area (Å²) in [4.78, 5) is 0. The van der Waals surface area contributed by atoms with Gasteiger partial charge in [-0.2, -0.15) is 4.57 Å². The first-order chi connectivity index (χ1) is 11.2. The number of benzene rings is 2. The summed E-state index contributed by atoms with van der Waals surface area (Å²) in [6.07, 6.45) is 3.48. The molecule has 0 atom stereocenters. The highest BCUT2D eigenvalue weighted by molar-refractivity contribution is 5.73. The van der Waals surface area contributed by atoms with E-state index in [2.05, 4.69) is 85.3 Å². The molecule has 1 aromatic heterocycles. The van der Waals surface area contributed by atoms with Gasteiger partial charge < -0.3 is 0 Å². The van der Waals surface area contributed by atoms with Crippen molar-refractivity contribution in [1.29, 1.82) is 0 Å². The van der Waals surface area contributed by atoms with Crippen molar-refractivity contribution in [3.05, 3.63) is 78.0 Å². The second kappa shape index (κ2) is 5.66. The molecule has 1 aliphatic rings. The van der Waals surface area contributed by atoms with E-state index in [4.69, 9.17) is 0 Å². The largest absolute Gasteiger partial charge is 0.213 e. The molecule has 0 bridgehead atoms. The van der Waals surface area contributed by atoms with Gasteiger partial charge in [0.15, 0.2) is 12.7 Å². The first-order valence-electron chi connectivity index (χ1n) is 8.42. The van der Waals surface area contributed by atoms with Crippen molar-refractivity contribution in [1.82, 2.24) is 0 Å². The zero-order valence-corrected chi connectivity index (χ0v) is 13.8. The van der Waals surface area contributed by atoms with Gasteiger partial charge in [-0.25, -0.2) is 0 Å². The van der Waals surface area contributed by atoms with E-state index < -0.39 is 0 Å². The van der Waals surface area contributed by atoms with E-state index in [1.807, 2.05) is 0 Å². The molecular weight excluding hydrogens is 278 g/mol. The lowest BCUT2D eigenvalue weighted by molar-refractivity contribution is -0.672. The van der Waals surface area contributed by atoms with Crippen LogP contribution in [0, 0.1) is 5.92 Å². The summed E-state index contributed by atoms with van der Waals surface area (Å²) in [7, 11) is 0. The molecule has 0 aliphatic carbocycles. The third kappa shape index (κ3) is 2.68. The topological polar surface area (TPSA) is 3.88 Å². The molecule has 114 valence electrons. The van der Waals surface area contributed by atoms with Gasteiger partial charge in [0.05, 0.1) is 5.56 Å². The molecule has 0 fully saturated rings. The highest BCUT2D eigenvalue weighted by Crippen LogP contribution is 2.31. The lowest BCUT2D eigenvalue weighted by Crippen LogP contribution is -2.32. The van der Waals surface area contributed by atoms with Gasteiger partial charge in [-0.3, -0.25) is 0 Å². The lowest BCUT2D eigenvalue weighted by atomic mass is 9.98. The lowest BCUT2D eigenvalue weighted by Gasteiger charge is -2.04. The Balaban J connectivity index is 1.74. The molecule has 2 heterocycles. The smallest absolute Gasteiger partial charge is 0.194 e. The van der Waals surface area contributed by atoms with E-state index in [0.717, 1.165) is 13.0 Å². The first kappa shape index (κ1) is 14.2. The molecule has 3 aromatic rings. The Kier molecular flexibility index (Phi) is 3.49. The van der Waals surface area contributed by atoms with E-state index in [9.17, 15) is 0 Å². The summed E-state index contributed by atoms with van der Waals surface area (Å²) < 4.78 is 2.40. The van der Waals surface area contributed by atoms with Gasteiger partial charge in [0.25, 0.3) is 0 Å². The van der Waals surface area contributed by atoms with Crippen LogP contribution in [-0.4, -0.2) is 0 Å². The van der Waals surface area contributed by atoms with Crippen molar-refractivity contribution in [2.45, 2.75) is 26.8 Å². The molecule has 1 nitrogen and oxygen atoms in total. The Hall–Kier alpha value is -2.41. The zero-order chi connectivity index (χ0) is 15.8. The van der Waals surface area contributed by atoms with E-state index >= 15 is 0 Å². The summed E-state index contributed by atoms with van der Waals surface area (Å²) in [5.41, 5.74) is 8.15. The SMILES string of the molecule is CC(C)Cc1ccc2[n+](c1)Cc1ccc(-c3ccccc3)cc1-2. The summed E-state index contributed by atoms with van der Waals surface area (Å²) >= 11 is 0. The number of pyridine rings is 1. The summed E-state index contributed by atoms with van der Waals surface area (Å²) in [5.74, 6) is 0.696. The van der Waals surface area contributed by atoms with Gasteiger partial charge in [-0.1, -0.05) is 56.3 Å². The van der Waals surface area contributed by atoms with E-state index in [-0.39, 0.29) is 0 Å². The van der Waals surface area contributed by atoms with Crippen molar-refractivity contribution in [3.8, 4) is 22.4 Å². The van der Waals surface area contributed by atoms with Gasteiger partial charge in [-0.05, 0) is 35.6 Å². The van der Waals surface area contributed by atoms with Crippen LogP contribution in [0.1, 0.15) is 25.0 Å². The molecule has 1 heteroatoms. The molecular formula is C22H22N+. The third-order valence-electron chi connectivity index (χ3n) is 4.56. The van der Waals surface area contributed by atoms with Crippen molar-refractivity contribution >= 4 is 0 Å². The van der Waals surface area contributed by atoms with Crippen LogP contribution in [0.5, 0.6) is 0 Å². The van der Waals surface area contributed by atoms with Crippen LogP contribution >= 0.6 is 0 Å². The molecule has 2 aromatic carbocycles. The maximum Gasteiger partial charge on any atom is 0.213 e. The molecule has 0 N–H and O–H groups in total. The van der Waals surface area contributed by atoms with E-state index in [1.165, 1.54) is 33.5 Å². The van der Waals surface area contributed by atoms with E-state index in [0.29, 0.717) is 5.92 Å². The molecule has 0 radical (unpaired) electrons.